The molecule has 0 aliphatic carbocycles. The summed E-state index contributed by atoms with van der Waals surface area (Å²) in [6, 6.07) is 26.3. The third-order valence-corrected chi connectivity index (χ3v) is 9.20. The van der Waals surface area contributed by atoms with Gasteiger partial charge in [-0.15, -0.1) is 0 Å². The molecule has 5 aromatic rings. The van der Waals surface area contributed by atoms with Gasteiger partial charge in [-0.2, -0.15) is 10.2 Å². The van der Waals surface area contributed by atoms with Gasteiger partial charge in [0.25, 0.3) is 5.56 Å². The third kappa shape index (κ3) is 6.91. The van der Waals surface area contributed by atoms with Crippen LogP contribution in [0, 0.1) is 11.3 Å². The summed E-state index contributed by atoms with van der Waals surface area (Å²) in [5, 5.41) is 21.0. The first-order valence-corrected chi connectivity index (χ1v) is 16.6. The third-order valence-electron chi connectivity index (χ3n) is 8.33. The summed E-state index contributed by atoms with van der Waals surface area (Å²) in [6.07, 6.45) is -1.16. The number of nitrogens with zero attached hydrogens (tertiary/aromatic N) is 4. The average molecular weight is 703 g/mol. The number of aliphatic hydroxyl groups is 1. The van der Waals surface area contributed by atoms with Crippen LogP contribution in [0.3, 0.4) is 0 Å². The zero-order chi connectivity index (χ0) is 35.3. The number of nitriles is 1. The van der Waals surface area contributed by atoms with Crippen molar-refractivity contribution in [3.8, 4) is 17.6 Å². The maximum absolute atomic E-state index is 12.5. The van der Waals surface area contributed by atoms with Gasteiger partial charge in [0.15, 0.2) is 11.2 Å². The molecule has 1 aliphatic rings. The molecule has 1 aliphatic heterocycles. The Morgan fingerprint density at radius 2 is 1.68 bits per heavy atom. The van der Waals surface area contributed by atoms with Gasteiger partial charge in [-0.3, -0.25) is 18.9 Å². The number of aromatic nitrogens is 4. The first-order chi connectivity index (χ1) is 24.2. The molecule has 1 unspecified atom stereocenters. The van der Waals surface area contributed by atoms with E-state index in [9.17, 15) is 14.8 Å². The minimum absolute atomic E-state index is 0.00116. The SMILES string of the molecule is COc1ccc(C(OC[C@H]2O[C@@H](n3cnc4c(=O)[nH]c(N)nc43)C[C@@]2(O)OP(O)OCCC#N)(c2ccccc2)c2ccc(OC)cc2)cc1. The molecular weight excluding hydrogens is 667 g/mol. The summed E-state index contributed by atoms with van der Waals surface area (Å²) in [5.41, 5.74) is 6.36. The molecule has 0 saturated carbocycles. The van der Waals surface area contributed by atoms with Crippen molar-refractivity contribution >= 4 is 25.7 Å². The Hall–Kier alpha value is -4.91. The molecule has 260 valence electrons. The Morgan fingerprint density at radius 1 is 1.06 bits per heavy atom. The van der Waals surface area contributed by atoms with E-state index in [0.717, 1.165) is 16.7 Å². The number of fused-ring (bicyclic) bond motifs is 1. The standard InChI is InChI=1S/C34H35N6O9P/c1-44-25-13-9-23(10-14-25)34(22-7-4-3-5-8-22,24-11-15-26(45-2)16-12-24)46-20-27-33(42,49-50(43)47-18-6-17-35)19-28(48-27)40-21-37-29-30(40)38-32(36)39-31(29)41/h3-5,7-16,21,27-28,42-43H,6,18-20H2,1-2H3,(H3,36,38,39,41)/t27-,28-,33-,50?/m1/s1. The summed E-state index contributed by atoms with van der Waals surface area (Å²) in [6.45, 7) is -0.408. The van der Waals surface area contributed by atoms with Gasteiger partial charge in [-0.25, -0.2) is 4.98 Å². The lowest BCUT2D eigenvalue weighted by molar-refractivity contribution is -0.201. The second kappa shape index (κ2) is 14.9. The highest BCUT2D eigenvalue weighted by molar-refractivity contribution is 7.40. The molecule has 16 heteroatoms. The van der Waals surface area contributed by atoms with Crippen LogP contribution in [0.15, 0.2) is 90.0 Å². The highest BCUT2D eigenvalue weighted by atomic mass is 31.2. The van der Waals surface area contributed by atoms with Crippen LogP contribution >= 0.6 is 8.60 Å². The van der Waals surface area contributed by atoms with E-state index in [1.54, 1.807) is 14.2 Å². The molecule has 6 rings (SSSR count). The highest BCUT2D eigenvalue weighted by Crippen LogP contribution is 2.49. The van der Waals surface area contributed by atoms with Crippen molar-refractivity contribution in [1.82, 2.24) is 19.5 Å². The van der Waals surface area contributed by atoms with Crippen LogP contribution in [0.5, 0.6) is 11.5 Å². The van der Waals surface area contributed by atoms with Gasteiger partial charge in [-0.05, 0) is 41.0 Å². The number of nitrogens with one attached hydrogen (secondary N) is 1. The number of nitrogens with two attached hydrogens (primary N) is 1. The topological polar surface area (TPSA) is 209 Å². The lowest BCUT2D eigenvalue weighted by Crippen LogP contribution is -2.45. The summed E-state index contributed by atoms with van der Waals surface area (Å²) < 4.78 is 36.7. The predicted octanol–water partition coefficient (Wildman–Crippen LogP) is 3.87. The lowest BCUT2D eigenvalue weighted by Gasteiger charge is -2.38. The molecular formula is C34H35N6O9P. The second-order valence-corrected chi connectivity index (χ2v) is 12.2. The van der Waals surface area contributed by atoms with E-state index in [2.05, 4.69) is 15.0 Å². The fraction of sp³-hybridized carbons (Fsp3) is 0.294. The van der Waals surface area contributed by atoms with Crippen LogP contribution in [0.1, 0.15) is 35.8 Å². The molecule has 1 fully saturated rings. The molecule has 3 heterocycles. The van der Waals surface area contributed by atoms with E-state index in [1.807, 2.05) is 84.9 Å². The highest BCUT2D eigenvalue weighted by Gasteiger charge is 2.53. The number of methoxy groups -OCH3 is 2. The molecule has 0 bridgehead atoms. The maximum atomic E-state index is 12.5. The minimum atomic E-state index is -2.66. The monoisotopic (exact) mass is 702 g/mol. The normalized spacial score (nSPS) is 19.7. The van der Waals surface area contributed by atoms with E-state index in [4.69, 9.17) is 39.0 Å². The number of H-pyrrole nitrogens is 1. The van der Waals surface area contributed by atoms with Crippen LogP contribution in [-0.4, -0.2) is 68.8 Å². The summed E-state index contributed by atoms with van der Waals surface area (Å²) >= 11 is 0. The number of hydrogen-bond acceptors (Lipinski definition) is 13. The molecule has 1 saturated heterocycles. The van der Waals surface area contributed by atoms with Gasteiger partial charge in [0, 0.05) is 0 Å². The molecule has 15 nitrogen and oxygen atoms in total. The number of benzene rings is 3. The smallest absolute Gasteiger partial charge is 0.332 e. The number of ether oxygens (including phenoxy) is 4. The van der Waals surface area contributed by atoms with Gasteiger partial charge in [0.1, 0.15) is 29.4 Å². The van der Waals surface area contributed by atoms with Gasteiger partial charge >= 0.3 is 8.60 Å². The van der Waals surface area contributed by atoms with Gasteiger partial charge in [0.2, 0.25) is 11.7 Å². The minimum Gasteiger partial charge on any atom is -0.497 e. The number of imidazole rings is 1. The van der Waals surface area contributed by atoms with Gasteiger partial charge in [0.05, 0.1) is 52.7 Å². The van der Waals surface area contributed by atoms with Crippen molar-refractivity contribution in [3.05, 3.63) is 112 Å². The van der Waals surface area contributed by atoms with Crippen LogP contribution in [0.25, 0.3) is 11.2 Å². The average Bonchev–Trinajstić information content (AvgIpc) is 3.70. The summed E-state index contributed by atoms with van der Waals surface area (Å²) in [4.78, 5) is 34.0. The fourth-order valence-electron chi connectivity index (χ4n) is 5.91. The Balaban J connectivity index is 1.42. The fourth-order valence-corrected chi connectivity index (χ4v) is 6.68. The number of hydrogen-bond donors (Lipinski definition) is 4. The second-order valence-electron chi connectivity index (χ2n) is 11.3. The zero-order valence-corrected chi connectivity index (χ0v) is 28.0. The molecule has 50 heavy (non-hydrogen) atoms. The van der Waals surface area contributed by atoms with Crippen molar-refractivity contribution < 1.29 is 38.0 Å². The lowest BCUT2D eigenvalue weighted by atomic mass is 9.80. The van der Waals surface area contributed by atoms with E-state index in [1.165, 1.54) is 10.9 Å². The quantitative estimate of drug-likeness (QED) is 0.0561. The van der Waals surface area contributed by atoms with E-state index < -0.39 is 37.9 Å². The molecule has 0 amide bonds. The molecule has 2 aromatic heterocycles. The first kappa shape index (κ1) is 34.9. The van der Waals surface area contributed by atoms with E-state index in [-0.39, 0.29) is 43.2 Å². The van der Waals surface area contributed by atoms with E-state index >= 15 is 0 Å². The van der Waals surface area contributed by atoms with Gasteiger partial charge < -0.3 is 39.2 Å². The summed E-state index contributed by atoms with van der Waals surface area (Å²) in [5.74, 6) is -1.04. The van der Waals surface area contributed by atoms with E-state index in [0.29, 0.717) is 11.5 Å². The van der Waals surface area contributed by atoms with Crippen molar-refractivity contribution in [1.29, 1.82) is 5.26 Å². The van der Waals surface area contributed by atoms with Crippen molar-refractivity contribution in [3.63, 3.8) is 0 Å². The molecule has 0 radical (unpaired) electrons. The molecule has 5 N–H and O–H groups in total. The Labute approximate surface area is 287 Å². The number of rotatable bonds is 14. The maximum Gasteiger partial charge on any atom is 0.332 e. The number of anilines is 1. The Bertz CT molecular complexity index is 1960. The first-order valence-electron chi connectivity index (χ1n) is 15.5. The summed E-state index contributed by atoms with van der Waals surface area (Å²) in [7, 11) is 0.500. The van der Waals surface area contributed by atoms with Crippen molar-refractivity contribution in [2.45, 2.75) is 36.6 Å². The van der Waals surface area contributed by atoms with Gasteiger partial charge in [-0.1, -0.05) is 54.6 Å². The number of nitrogen functional groups attached to an aromatic ring is 1. The van der Waals surface area contributed by atoms with Crippen LogP contribution in [-0.2, 0) is 24.1 Å². The number of aromatic amines is 1. The molecule has 0 spiro atoms. The van der Waals surface area contributed by atoms with Crippen LogP contribution < -0.4 is 20.8 Å². The Morgan fingerprint density at radius 3 is 2.28 bits per heavy atom. The predicted molar refractivity (Wildman–Crippen MR) is 181 cm³/mol. The van der Waals surface area contributed by atoms with Crippen LogP contribution in [0.4, 0.5) is 5.95 Å². The van der Waals surface area contributed by atoms with Crippen LogP contribution in [0.2, 0.25) is 0 Å². The Kier molecular flexibility index (Phi) is 10.4. The largest absolute Gasteiger partial charge is 0.497 e. The van der Waals surface area contributed by atoms with Crippen molar-refractivity contribution in [2.24, 2.45) is 0 Å². The zero-order valence-electron chi connectivity index (χ0n) is 27.1. The molecule has 3 aromatic carbocycles. The van der Waals surface area contributed by atoms with Crippen molar-refractivity contribution in [2.75, 3.05) is 33.2 Å². The molecule has 4 atom stereocenters.